The average Bonchev–Trinajstić information content (AvgIpc) is 3.48. The van der Waals surface area contributed by atoms with Crippen LogP contribution in [0.4, 0.5) is 5.69 Å². The molecule has 31 heavy (non-hydrogen) atoms. The maximum absolute atomic E-state index is 14.2. The third kappa shape index (κ3) is 1.95. The molecule has 2 spiro atoms. The number of rotatable bonds is 1. The molecule has 2 atom stereocenters. The van der Waals surface area contributed by atoms with Crippen LogP contribution in [0.15, 0.2) is 69.8 Å². The lowest BCUT2D eigenvalue weighted by Gasteiger charge is -2.41. The number of furan rings is 1. The monoisotopic (exact) mass is 476 g/mol. The number of nitrogens with one attached hydrogen (secondary N) is 1. The number of anilines is 1. The summed E-state index contributed by atoms with van der Waals surface area (Å²) < 4.78 is 6.52. The van der Waals surface area contributed by atoms with Gasteiger partial charge in [0.2, 0.25) is 0 Å². The molecule has 0 unspecified atom stereocenters. The number of likely N-dealkylation sites (N-methyl/N-ethyl adjacent to an activating group) is 1. The van der Waals surface area contributed by atoms with Crippen molar-refractivity contribution in [2.24, 2.45) is 5.41 Å². The molecule has 2 aliphatic heterocycles. The highest BCUT2D eigenvalue weighted by molar-refractivity contribution is 9.10. The molecule has 2 aromatic carbocycles. The van der Waals surface area contributed by atoms with Gasteiger partial charge >= 0.3 is 0 Å². The van der Waals surface area contributed by atoms with Crippen molar-refractivity contribution >= 4 is 39.1 Å². The molecule has 1 fully saturated rings. The molecule has 1 aromatic heterocycles. The highest BCUT2D eigenvalue weighted by Gasteiger charge is 2.79. The van der Waals surface area contributed by atoms with Gasteiger partial charge in [-0.25, -0.2) is 0 Å². The summed E-state index contributed by atoms with van der Waals surface area (Å²) in [5, 5.41) is 2.94. The molecule has 7 heteroatoms. The quantitative estimate of drug-likeness (QED) is 0.537. The van der Waals surface area contributed by atoms with Gasteiger partial charge in [-0.3, -0.25) is 19.3 Å². The molecule has 1 aliphatic carbocycles. The molecule has 1 N–H and O–H groups in total. The van der Waals surface area contributed by atoms with Gasteiger partial charge in [0.1, 0.15) is 16.7 Å². The van der Waals surface area contributed by atoms with Crippen LogP contribution in [0.3, 0.4) is 0 Å². The zero-order valence-corrected chi connectivity index (χ0v) is 18.1. The summed E-state index contributed by atoms with van der Waals surface area (Å²) in [6.07, 6.45) is 1.53. The second-order valence-corrected chi connectivity index (χ2v) is 9.23. The number of Topliss-reactive ketones (excluding diaryl/α,β-unsaturated/α-hetero) is 2. The van der Waals surface area contributed by atoms with Crippen LogP contribution in [0.2, 0.25) is 0 Å². The largest absolute Gasteiger partial charge is 0.469 e. The Balaban J connectivity index is 1.73. The van der Waals surface area contributed by atoms with E-state index in [0.717, 1.165) is 4.47 Å². The van der Waals surface area contributed by atoms with Crippen LogP contribution in [0.1, 0.15) is 38.0 Å². The van der Waals surface area contributed by atoms with E-state index in [2.05, 4.69) is 21.2 Å². The Morgan fingerprint density at radius 2 is 1.74 bits per heavy atom. The lowest BCUT2D eigenvalue weighted by Crippen LogP contribution is -2.60. The number of benzene rings is 2. The van der Waals surface area contributed by atoms with Crippen LogP contribution in [0, 0.1) is 5.41 Å². The van der Waals surface area contributed by atoms with Gasteiger partial charge in [-0.15, -0.1) is 0 Å². The van der Waals surface area contributed by atoms with E-state index in [1.807, 2.05) is 17.0 Å². The van der Waals surface area contributed by atoms with Crippen LogP contribution < -0.4 is 5.32 Å². The molecular formula is C24H17BrN2O4. The summed E-state index contributed by atoms with van der Waals surface area (Å²) in [5.74, 6) is -1.11. The molecule has 0 radical (unpaired) electrons. The van der Waals surface area contributed by atoms with E-state index in [1.54, 1.807) is 49.5 Å². The van der Waals surface area contributed by atoms with Gasteiger partial charge in [0.15, 0.2) is 11.6 Å². The van der Waals surface area contributed by atoms with Crippen molar-refractivity contribution in [2.45, 2.75) is 11.5 Å². The molecule has 6 rings (SSSR count). The zero-order chi connectivity index (χ0) is 21.5. The first-order chi connectivity index (χ1) is 14.9. The lowest BCUT2D eigenvalue weighted by molar-refractivity contribution is -0.128. The van der Waals surface area contributed by atoms with E-state index in [4.69, 9.17) is 4.42 Å². The van der Waals surface area contributed by atoms with Gasteiger partial charge in [-0.1, -0.05) is 46.3 Å². The minimum atomic E-state index is -1.66. The fourth-order valence-corrected chi connectivity index (χ4v) is 6.35. The number of halogens is 1. The minimum Gasteiger partial charge on any atom is -0.469 e. The summed E-state index contributed by atoms with van der Waals surface area (Å²) in [6, 6.07) is 15.8. The fraction of sp³-hybridized carbons (Fsp3) is 0.208. The predicted octanol–water partition coefficient (Wildman–Crippen LogP) is 3.98. The molecule has 1 saturated heterocycles. The first-order valence-electron chi connectivity index (χ1n) is 9.98. The Morgan fingerprint density at radius 1 is 1.03 bits per heavy atom. The number of nitrogens with zero attached hydrogens (tertiary/aromatic N) is 1. The Morgan fingerprint density at radius 3 is 2.39 bits per heavy atom. The second-order valence-electron chi connectivity index (χ2n) is 8.31. The smallest absolute Gasteiger partial charge is 0.251 e. The van der Waals surface area contributed by atoms with Gasteiger partial charge in [-0.2, -0.15) is 0 Å². The van der Waals surface area contributed by atoms with Crippen LogP contribution in [-0.2, 0) is 10.3 Å². The molecule has 1 amide bonds. The summed E-state index contributed by atoms with van der Waals surface area (Å²) >= 11 is 3.45. The lowest BCUT2D eigenvalue weighted by atomic mass is 9.59. The Labute approximate surface area is 186 Å². The van der Waals surface area contributed by atoms with E-state index < -0.39 is 16.9 Å². The number of fused-ring (bicyclic) bond motifs is 4. The predicted molar refractivity (Wildman–Crippen MR) is 116 cm³/mol. The second kappa shape index (κ2) is 6.02. The molecule has 6 nitrogen and oxygen atoms in total. The fourth-order valence-electron chi connectivity index (χ4n) is 5.99. The van der Waals surface area contributed by atoms with Gasteiger partial charge < -0.3 is 9.73 Å². The van der Waals surface area contributed by atoms with Crippen molar-refractivity contribution < 1.29 is 18.8 Å². The number of hydrogen-bond acceptors (Lipinski definition) is 5. The standard InChI is InChI=1S/C24H17BrN2O4/c1-27-12-17(19-7-4-10-31-19)23(20(28)14-5-2-3-6-15(14)21(23)29)24(27)16-9-8-13(25)11-18(16)26-22(24)30/h2-11,17H,12H2,1H3,(H,26,30)/t17-,24-/m1/s1. The van der Waals surface area contributed by atoms with Crippen molar-refractivity contribution in [3.05, 3.63) is 87.8 Å². The van der Waals surface area contributed by atoms with Crippen molar-refractivity contribution in [1.29, 1.82) is 0 Å². The van der Waals surface area contributed by atoms with Gasteiger partial charge in [0.05, 0.1) is 12.2 Å². The van der Waals surface area contributed by atoms with Crippen molar-refractivity contribution in [2.75, 3.05) is 18.9 Å². The zero-order valence-electron chi connectivity index (χ0n) is 16.5. The maximum Gasteiger partial charge on any atom is 0.251 e. The van der Waals surface area contributed by atoms with Crippen molar-refractivity contribution in [3.8, 4) is 0 Å². The number of carbonyl (C=O) groups is 3. The number of carbonyl (C=O) groups excluding carboxylic acids is 3. The van der Waals surface area contributed by atoms with E-state index in [9.17, 15) is 14.4 Å². The number of ketones is 2. The van der Waals surface area contributed by atoms with Crippen LogP contribution in [0.25, 0.3) is 0 Å². The molecule has 154 valence electrons. The molecule has 3 aromatic rings. The third-order valence-electron chi connectivity index (χ3n) is 7.09. The van der Waals surface area contributed by atoms with E-state index in [1.165, 1.54) is 6.26 Å². The summed E-state index contributed by atoms with van der Waals surface area (Å²) in [6.45, 7) is 0.321. The summed E-state index contributed by atoms with van der Waals surface area (Å²) in [4.78, 5) is 44.0. The molecule has 0 bridgehead atoms. The summed E-state index contributed by atoms with van der Waals surface area (Å²) in [5.41, 5.74) is -1.19. The Hall–Kier alpha value is -3.03. The summed E-state index contributed by atoms with van der Waals surface area (Å²) in [7, 11) is 1.80. The first kappa shape index (κ1) is 18.7. The first-order valence-corrected chi connectivity index (χ1v) is 10.8. The van der Waals surface area contributed by atoms with Crippen molar-refractivity contribution in [3.63, 3.8) is 0 Å². The molecule has 0 saturated carbocycles. The average molecular weight is 477 g/mol. The highest BCUT2D eigenvalue weighted by Crippen LogP contribution is 2.66. The number of hydrogen-bond donors (Lipinski definition) is 1. The van der Waals surface area contributed by atoms with Gasteiger partial charge in [0, 0.05) is 33.4 Å². The van der Waals surface area contributed by atoms with Crippen LogP contribution in [0.5, 0.6) is 0 Å². The van der Waals surface area contributed by atoms with Crippen LogP contribution in [-0.4, -0.2) is 36.0 Å². The van der Waals surface area contributed by atoms with E-state index in [0.29, 0.717) is 34.7 Å². The minimum absolute atomic E-state index is 0.321. The van der Waals surface area contributed by atoms with Gasteiger partial charge in [0.25, 0.3) is 5.91 Å². The normalized spacial score (nSPS) is 26.0. The maximum atomic E-state index is 14.2. The topological polar surface area (TPSA) is 79.6 Å². The molecule has 3 aliphatic rings. The van der Waals surface area contributed by atoms with Gasteiger partial charge in [-0.05, 0) is 31.3 Å². The SMILES string of the molecule is CN1C[C@H](c2ccco2)C2(C(=O)c3ccccc3C2=O)[C@@]12C(=O)Nc1cc(Br)ccc12. The molecule has 3 heterocycles. The van der Waals surface area contributed by atoms with Crippen LogP contribution >= 0.6 is 15.9 Å². The van der Waals surface area contributed by atoms with E-state index in [-0.39, 0.29) is 17.5 Å². The molecular weight excluding hydrogens is 460 g/mol. The van der Waals surface area contributed by atoms with Crippen molar-refractivity contribution in [1.82, 2.24) is 4.90 Å². The van der Waals surface area contributed by atoms with E-state index >= 15 is 0 Å². The highest BCUT2D eigenvalue weighted by atomic mass is 79.9. The third-order valence-corrected chi connectivity index (χ3v) is 7.58. The Bertz CT molecular complexity index is 1260. The number of amides is 1. The number of likely N-dealkylation sites (tertiary alicyclic amines) is 1. The Kier molecular flexibility index (Phi) is 3.63.